The number of rotatable bonds is 9. The molecule has 0 heterocycles. The van der Waals surface area contributed by atoms with Gasteiger partial charge in [0.1, 0.15) is 5.25 Å². The molecule has 0 aliphatic rings. The van der Waals surface area contributed by atoms with Crippen LogP contribution < -0.4 is 10.6 Å². The van der Waals surface area contributed by atoms with Gasteiger partial charge < -0.3 is 20.5 Å². The molecule has 0 saturated carbocycles. The number of para-hydroxylation sites is 1. The number of hydrogen-bond donors (Lipinski definition) is 3. The molecule has 3 aromatic rings. The highest BCUT2D eigenvalue weighted by molar-refractivity contribution is 8.00. The number of carbonyl (C=O) groups is 4. The molecule has 35 heavy (non-hydrogen) atoms. The van der Waals surface area contributed by atoms with Crippen LogP contribution in [0.1, 0.15) is 21.2 Å². The van der Waals surface area contributed by atoms with Crippen molar-refractivity contribution in [2.24, 2.45) is 0 Å². The van der Waals surface area contributed by atoms with Crippen molar-refractivity contribution in [2.75, 3.05) is 17.7 Å². The van der Waals surface area contributed by atoms with Crippen LogP contribution in [-0.4, -0.2) is 36.0 Å². The fraction of sp³-hybridized carbons (Fsp3) is 0.0769. The maximum Gasteiger partial charge on any atom is 0.339 e. The standard InChI is InChI=1S/C26H22N2O6S/c1-34-26(33)20-9-5-6-10-21(20)28-25(32)24(17-7-3-2-4-8-17)35-19-13-11-18(12-14-19)27-22(29)15-16-23(30)31/h2-16,24H,1H3,(H,27,29)(H,28,32)(H,30,31)/b16-15+. The van der Waals surface area contributed by atoms with Crippen LogP contribution in [0, 0.1) is 0 Å². The van der Waals surface area contributed by atoms with Crippen LogP contribution in [-0.2, 0) is 19.1 Å². The molecular formula is C26H22N2O6S. The highest BCUT2D eigenvalue weighted by Crippen LogP contribution is 2.37. The molecule has 0 aromatic heterocycles. The summed E-state index contributed by atoms with van der Waals surface area (Å²) < 4.78 is 4.81. The number of benzene rings is 3. The average molecular weight is 491 g/mol. The van der Waals surface area contributed by atoms with Crippen LogP contribution in [0.5, 0.6) is 0 Å². The summed E-state index contributed by atoms with van der Waals surface area (Å²) in [6, 6.07) is 22.6. The van der Waals surface area contributed by atoms with Crippen LogP contribution in [0.25, 0.3) is 0 Å². The Kier molecular flexibility index (Phi) is 8.80. The zero-order valence-electron chi connectivity index (χ0n) is 18.6. The summed E-state index contributed by atoms with van der Waals surface area (Å²) in [7, 11) is 1.28. The summed E-state index contributed by atoms with van der Waals surface area (Å²) in [5.74, 6) is -2.67. The number of anilines is 2. The van der Waals surface area contributed by atoms with Crippen LogP contribution in [0.4, 0.5) is 11.4 Å². The smallest absolute Gasteiger partial charge is 0.339 e. The highest BCUT2D eigenvalue weighted by Gasteiger charge is 2.24. The summed E-state index contributed by atoms with van der Waals surface area (Å²) in [5.41, 5.74) is 1.83. The number of hydrogen-bond acceptors (Lipinski definition) is 6. The molecule has 3 aromatic carbocycles. The molecule has 0 saturated heterocycles. The number of thioether (sulfide) groups is 1. The van der Waals surface area contributed by atoms with Crippen molar-refractivity contribution >= 4 is 46.9 Å². The van der Waals surface area contributed by atoms with E-state index < -0.39 is 23.1 Å². The van der Waals surface area contributed by atoms with Crippen molar-refractivity contribution in [1.82, 2.24) is 0 Å². The number of methoxy groups -OCH3 is 1. The summed E-state index contributed by atoms with van der Waals surface area (Å²) in [4.78, 5) is 48.5. The second kappa shape index (κ2) is 12.2. The number of carbonyl (C=O) groups excluding carboxylic acids is 3. The van der Waals surface area contributed by atoms with E-state index in [0.29, 0.717) is 11.4 Å². The second-order valence-corrected chi connectivity index (χ2v) is 8.30. The Hall–Kier alpha value is -4.37. The number of aliphatic carboxylic acids is 1. The van der Waals surface area contributed by atoms with Crippen molar-refractivity contribution in [3.05, 3.63) is 102 Å². The normalized spacial score (nSPS) is 11.5. The monoisotopic (exact) mass is 490 g/mol. The van der Waals surface area contributed by atoms with E-state index in [-0.39, 0.29) is 11.5 Å². The third-order valence-corrected chi connectivity index (χ3v) is 5.95. The van der Waals surface area contributed by atoms with E-state index in [9.17, 15) is 19.2 Å². The number of carboxylic acid groups (broad SMARTS) is 1. The second-order valence-electron chi connectivity index (χ2n) is 7.12. The molecule has 9 heteroatoms. The average Bonchev–Trinajstić information content (AvgIpc) is 2.87. The van der Waals surface area contributed by atoms with Gasteiger partial charge in [-0.3, -0.25) is 9.59 Å². The molecular weight excluding hydrogens is 468 g/mol. The molecule has 3 N–H and O–H groups in total. The van der Waals surface area contributed by atoms with Gasteiger partial charge in [-0.25, -0.2) is 9.59 Å². The third kappa shape index (κ3) is 7.31. The minimum absolute atomic E-state index is 0.247. The van der Waals surface area contributed by atoms with E-state index in [0.717, 1.165) is 22.6 Å². The molecule has 0 bridgehead atoms. The number of nitrogens with one attached hydrogen (secondary N) is 2. The molecule has 1 unspecified atom stereocenters. The third-order valence-electron chi connectivity index (χ3n) is 4.68. The lowest BCUT2D eigenvalue weighted by Crippen LogP contribution is -2.20. The lowest BCUT2D eigenvalue weighted by Gasteiger charge is -2.18. The summed E-state index contributed by atoms with van der Waals surface area (Å²) in [6.07, 6.45) is 1.67. The quantitative estimate of drug-likeness (QED) is 0.229. The van der Waals surface area contributed by atoms with Gasteiger partial charge in [0.05, 0.1) is 18.4 Å². The first-order valence-electron chi connectivity index (χ1n) is 10.4. The fourth-order valence-electron chi connectivity index (χ4n) is 3.06. The van der Waals surface area contributed by atoms with Gasteiger partial charge in [0.25, 0.3) is 0 Å². The Balaban J connectivity index is 1.79. The largest absolute Gasteiger partial charge is 0.478 e. The summed E-state index contributed by atoms with van der Waals surface area (Å²) in [6.45, 7) is 0. The van der Waals surface area contributed by atoms with Gasteiger partial charge in [-0.15, -0.1) is 11.8 Å². The van der Waals surface area contributed by atoms with E-state index in [1.54, 1.807) is 48.5 Å². The molecule has 0 fully saturated rings. The van der Waals surface area contributed by atoms with E-state index >= 15 is 0 Å². The topological polar surface area (TPSA) is 122 Å². The van der Waals surface area contributed by atoms with Crippen molar-refractivity contribution < 1.29 is 29.0 Å². The minimum Gasteiger partial charge on any atom is -0.478 e. The molecule has 8 nitrogen and oxygen atoms in total. The molecule has 1 atom stereocenters. The predicted octanol–water partition coefficient (Wildman–Crippen LogP) is 4.52. The maximum absolute atomic E-state index is 13.3. The molecule has 2 amide bonds. The Morgan fingerprint density at radius 2 is 1.51 bits per heavy atom. The highest BCUT2D eigenvalue weighted by atomic mass is 32.2. The minimum atomic E-state index is -1.22. The fourth-order valence-corrected chi connectivity index (χ4v) is 4.09. The van der Waals surface area contributed by atoms with Gasteiger partial charge in [-0.05, 0) is 42.0 Å². The van der Waals surface area contributed by atoms with Gasteiger partial charge in [0, 0.05) is 22.7 Å². The van der Waals surface area contributed by atoms with Gasteiger partial charge >= 0.3 is 11.9 Å². The van der Waals surface area contributed by atoms with Crippen molar-refractivity contribution in [2.45, 2.75) is 10.1 Å². The molecule has 0 aliphatic carbocycles. The van der Waals surface area contributed by atoms with E-state index in [1.165, 1.54) is 18.9 Å². The Bertz CT molecular complexity index is 1240. The number of amides is 2. The SMILES string of the molecule is COC(=O)c1ccccc1NC(=O)C(Sc1ccc(NC(=O)/C=C/C(=O)O)cc1)c1ccccc1. The van der Waals surface area contributed by atoms with Gasteiger partial charge in [0.15, 0.2) is 0 Å². The van der Waals surface area contributed by atoms with Crippen LogP contribution in [0.15, 0.2) is 95.9 Å². The van der Waals surface area contributed by atoms with E-state index in [2.05, 4.69) is 10.6 Å². The lowest BCUT2D eigenvalue weighted by molar-refractivity contribution is -0.131. The van der Waals surface area contributed by atoms with Crippen LogP contribution in [0.3, 0.4) is 0 Å². The first-order valence-corrected chi connectivity index (χ1v) is 11.3. The van der Waals surface area contributed by atoms with Crippen LogP contribution >= 0.6 is 11.8 Å². The molecule has 0 aliphatic heterocycles. The Labute approximate surface area is 206 Å². The van der Waals surface area contributed by atoms with Crippen molar-refractivity contribution in [3.8, 4) is 0 Å². The lowest BCUT2D eigenvalue weighted by atomic mass is 10.1. The summed E-state index contributed by atoms with van der Waals surface area (Å²) in [5, 5.41) is 13.4. The van der Waals surface area contributed by atoms with Gasteiger partial charge in [-0.1, -0.05) is 42.5 Å². The molecule has 3 rings (SSSR count). The zero-order chi connectivity index (χ0) is 25.2. The van der Waals surface area contributed by atoms with E-state index in [1.807, 2.05) is 30.3 Å². The Morgan fingerprint density at radius 3 is 2.17 bits per heavy atom. The molecule has 178 valence electrons. The van der Waals surface area contributed by atoms with Gasteiger partial charge in [0.2, 0.25) is 11.8 Å². The number of carboxylic acids is 1. The van der Waals surface area contributed by atoms with Crippen molar-refractivity contribution in [1.29, 1.82) is 0 Å². The number of ether oxygens (including phenoxy) is 1. The predicted molar refractivity (Wildman–Crippen MR) is 133 cm³/mol. The number of esters is 1. The van der Waals surface area contributed by atoms with Gasteiger partial charge in [-0.2, -0.15) is 0 Å². The molecule has 0 spiro atoms. The van der Waals surface area contributed by atoms with E-state index in [4.69, 9.17) is 9.84 Å². The first-order chi connectivity index (χ1) is 16.9. The first kappa shape index (κ1) is 25.3. The Morgan fingerprint density at radius 1 is 0.857 bits per heavy atom. The van der Waals surface area contributed by atoms with Crippen LogP contribution in [0.2, 0.25) is 0 Å². The summed E-state index contributed by atoms with van der Waals surface area (Å²) >= 11 is 1.30. The zero-order valence-corrected chi connectivity index (χ0v) is 19.5. The molecule has 0 radical (unpaired) electrons. The van der Waals surface area contributed by atoms with Crippen molar-refractivity contribution in [3.63, 3.8) is 0 Å². The maximum atomic E-state index is 13.3.